The van der Waals surface area contributed by atoms with Gasteiger partial charge >= 0.3 is 5.97 Å². The minimum atomic E-state index is -2.35. The van der Waals surface area contributed by atoms with Crippen LogP contribution in [0.5, 0.6) is 0 Å². The summed E-state index contributed by atoms with van der Waals surface area (Å²) in [6, 6.07) is 15.2. The van der Waals surface area contributed by atoms with E-state index in [-0.39, 0.29) is 72.7 Å². The maximum atomic E-state index is 14.8. The van der Waals surface area contributed by atoms with E-state index < -0.39 is 76.7 Å². The highest BCUT2D eigenvalue weighted by Crippen LogP contribution is 2.32. The van der Waals surface area contributed by atoms with Crippen LogP contribution in [0.2, 0.25) is 32.2 Å². The summed E-state index contributed by atoms with van der Waals surface area (Å²) in [6.45, 7) is 24.6. The minimum absolute atomic E-state index is 0.0515. The van der Waals surface area contributed by atoms with E-state index in [4.69, 9.17) is 13.6 Å². The van der Waals surface area contributed by atoms with E-state index in [0.29, 0.717) is 45.1 Å². The maximum absolute atomic E-state index is 14.8. The van der Waals surface area contributed by atoms with Crippen molar-refractivity contribution < 1.29 is 52.3 Å². The predicted molar refractivity (Wildman–Crippen MR) is 305 cm³/mol. The number of rotatable bonds is 33. The number of hydrogen-bond donors (Lipinski definition) is 2. The van der Waals surface area contributed by atoms with Crippen molar-refractivity contribution in [3.63, 3.8) is 0 Å². The van der Waals surface area contributed by atoms with Gasteiger partial charge in [0.25, 0.3) is 0 Å². The Labute approximate surface area is 458 Å². The van der Waals surface area contributed by atoms with Crippen molar-refractivity contribution in [1.82, 2.24) is 20.0 Å². The molecule has 1 aliphatic rings. The molecule has 15 nitrogen and oxygen atoms in total. The van der Waals surface area contributed by atoms with Crippen LogP contribution in [0.1, 0.15) is 124 Å². The SMILES string of the molecule is CCCC(=O)Cc1cccc([Si](C)(C)O[Si](C)(C)CCCC(=O)N(C)[C@@H](C(=O)C[C@@H](C(=O)N(C)[C@H]([C@H](C)CC)[C@H](CC(=O)N2CCC[C@@H]2[C@@H](OC)[C@H](C)C(=O)N[C@H](Cc2ccccc2)C(=O)O)OC)C(C)C)C(C)C)c1. The van der Waals surface area contributed by atoms with Gasteiger partial charge in [-0.15, -0.1) is 0 Å². The van der Waals surface area contributed by atoms with Gasteiger partial charge < -0.3 is 38.7 Å². The first-order valence-electron chi connectivity index (χ1n) is 27.9. The van der Waals surface area contributed by atoms with E-state index in [2.05, 4.69) is 43.6 Å². The number of benzene rings is 2. The van der Waals surface area contributed by atoms with E-state index in [0.717, 1.165) is 28.8 Å². The van der Waals surface area contributed by atoms with Crippen LogP contribution in [-0.4, -0.2) is 149 Å². The van der Waals surface area contributed by atoms with Gasteiger partial charge in [0.15, 0.2) is 14.1 Å². The molecule has 2 aromatic rings. The monoisotopic (exact) mass is 1090 g/mol. The number of carbonyl (C=O) groups is 7. The van der Waals surface area contributed by atoms with Crippen molar-refractivity contribution >= 4 is 63.0 Å². The second-order valence-corrected chi connectivity index (χ2v) is 31.7. The number of Topliss-reactive ketones (excluding diaryl/α,β-unsaturated/α-hetero) is 2. The molecule has 76 heavy (non-hydrogen) atoms. The Bertz CT molecular complexity index is 2220. The fraction of sp³-hybridized carbons (Fsp3) is 0.678. The molecule has 0 spiro atoms. The molecule has 0 radical (unpaired) electrons. The molecule has 3 rings (SSSR count). The molecule has 1 heterocycles. The quantitative estimate of drug-likeness (QED) is 0.0653. The average Bonchev–Trinajstić information content (AvgIpc) is 3.84. The van der Waals surface area contributed by atoms with E-state index in [1.54, 1.807) is 35.7 Å². The zero-order valence-corrected chi connectivity index (χ0v) is 51.1. The van der Waals surface area contributed by atoms with E-state index in [1.165, 1.54) is 14.2 Å². The van der Waals surface area contributed by atoms with Crippen LogP contribution in [0.4, 0.5) is 0 Å². The molecule has 0 unspecified atom stereocenters. The number of ether oxygens (including phenoxy) is 2. The number of ketones is 2. The van der Waals surface area contributed by atoms with Crippen molar-refractivity contribution in [2.75, 3.05) is 34.9 Å². The van der Waals surface area contributed by atoms with Gasteiger partial charge in [-0.3, -0.25) is 28.8 Å². The predicted octanol–water partition coefficient (Wildman–Crippen LogP) is 8.46. The number of carbonyl (C=O) groups excluding carboxylic acids is 6. The molecular formula is C59H96N4O11Si2. The molecule has 1 fully saturated rings. The Morgan fingerprint density at radius 3 is 2.03 bits per heavy atom. The van der Waals surface area contributed by atoms with Crippen LogP contribution in [0.25, 0.3) is 0 Å². The third-order valence-electron chi connectivity index (χ3n) is 15.7. The van der Waals surface area contributed by atoms with Gasteiger partial charge in [0.2, 0.25) is 31.9 Å². The molecule has 0 aliphatic carbocycles. The molecule has 2 aromatic carbocycles. The zero-order chi connectivity index (χ0) is 57.2. The molecule has 1 saturated heterocycles. The van der Waals surface area contributed by atoms with Crippen molar-refractivity contribution in [3.8, 4) is 0 Å². The molecule has 426 valence electrons. The smallest absolute Gasteiger partial charge is 0.326 e. The summed E-state index contributed by atoms with van der Waals surface area (Å²) in [5.74, 6) is -4.19. The van der Waals surface area contributed by atoms with Crippen LogP contribution in [0.3, 0.4) is 0 Å². The van der Waals surface area contributed by atoms with Crippen LogP contribution in [0.15, 0.2) is 54.6 Å². The van der Waals surface area contributed by atoms with Crippen LogP contribution in [0, 0.1) is 29.6 Å². The number of likely N-dealkylation sites (tertiary alicyclic amines) is 1. The van der Waals surface area contributed by atoms with Crippen LogP contribution >= 0.6 is 0 Å². The van der Waals surface area contributed by atoms with E-state index in [1.807, 2.05) is 90.9 Å². The van der Waals surface area contributed by atoms with Crippen LogP contribution < -0.4 is 10.5 Å². The number of methoxy groups -OCH3 is 2. The lowest BCUT2D eigenvalue weighted by Crippen LogP contribution is -2.55. The molecule has 4 amide bonds. The summed E-state index contributed by atoms with van der Waals surface area (Å²) in [5.41, 5.74) is 1.78. The zero-order valence-electron chi connectivity index (χ0n) is 49.1. The number of aliphatic carboxylic acids is 1. The normalized spacial score (nSPS) is 17.3. The lowest BCUT2D eigenvalue weighted by atomic mass is 9.83. The lowest BCUT2D eigenvalue weighted by Gasteiger charge is -2.41. The second kappa shape index (κ2) is 30.6. The molecule has 0 aromatic heterocycles. The molecule has 0 saturated carbocycles. The van der Waals surface area contributed by atoms with Crippen LogP contribution in [-0.2, 0) is 60.0 Å². The fourth-order valence-electron chi connectivity index (χ4n) is 11.3. The topological polar surface area (TPSA) is 189 Å². The Hall–Kier alpha value is -4.56. The van der Waals surface area contributed by atoms with Crippen molar-refractivity contribution in [2.45, 2.75) is 195 Å². The Kier molecular flexibility index (Phi) is 26.4. The second-order valence-electron chi connectivity index (χ2n) is 23.3. The molecule has 9 atom stereocenters. The van der Waals surface area contributed by atoms with Gasteiger partial charge in [0.05, 0.1) is 42.7 Å². The van der Waals surface area contributed by atoms with Gasteiger partial charge in [-0.25, -0.2) is 4.79 Å². The number of amides is 4. The molecule has 1 aliphatic heterocycles. The van der Waals surface area contributed by atoms with Gasteiger partial charge in [0.1, 0.15) is 11.8 Å². The van der Waals surface area contributed by atoms with E-state index in [9.17, 15) is 38.7 Å². The average molecular weight is 1090 g/mol. The summed E-state index contributed by atoms with van der Waals surface area (Å²) in [7, 11) is 1.85. The highest BCUT2D eigenvalue weighted by molar-refractivity contribution is 6.92. The molecule has 0 bridgehead atoms. The van der Waals surface area contributed by atoms with Gasteiger partial charge in [-0.2, -0.15) is 0 Å². The molecule has 17 heteroatoms. The fourth-order valence-corrected chi connectivity index (χ4v) is 19.8. The van der Waals surface area contributed by atoms with Crippen molar-refractivity contribution in [2.24, 2.45) is 29.6 Å². The van der Waals surface area contributed by atoms with Gasteiger partial charge in [-0.05, 0) is 92.0 Å². The number of carboxylic acid groups (broad SMARTS) is 1. The molecule has 2 N–H and O–H groups in total. The highest BCUT2D eigenvalue weighted by Gasteiger charge is 2.44. The Morgan fingerprint density at radius 1 is 0.816 bits per heavy atom. The minimum Gasteiger partial charge on any atom is -0.480 e. The Morgan fingerprint density at radius 2 is 1.46 bits per heavy atom. The van der Waals surface area contributed by atoms with Crippen molar-refractivity contribution in [1.29, 1.82) is 0 Å². The number of nitrogens with zero attached hydrogens (tertiary/aromatic N) is 3. The van der Waals surface area contributed by atoms with E-state index >= 15 is 0 Å². The third kappa shape index (κ3) is 18.8. The van der Waals surface area contributed by atoms with Crippen molar-refractivity contribution in [3.05, 3.63) is 65.7 Å². The highest BCUT2D eigenvalue weighted by atomic mass is 28.4. The maximum Gasteiger partial charge on any atom is 0.326 e. The summed E-state index contributed by atoms with van der Waals surface area (Å²) in [6.07, 6.45) is 3.20. The summed E-state index contributed by atoms with van der Waals surface area (Å²) in [5, 5.41) is 13.8. The Balaban J connectivity index is 1.72. The lowest BCUT2D eigenvalue weighted by molar-refractivity contribution is -0.150. The number of hydrogen-bond acceptors (Lipinski definition) is 10. The number of nitrogens with one attached hydrogen (secondary N) is 1. The summed E-state index contributed by atoms with van der Waals surface area (Å²) in [4.78, 5) is 101. The summed E-state index contributed by atoms with van der Waals surface area (Å²) < 4.78 is 19.0. The molecular weight excluding hydrogens is 997 g/mol. The number of carboxylic acids is 1. The standard InChI is InChI=1S/C59H96N4O11Si2/c1-17-25-45(64)34-44-28-22-29-46(35-44)76(15,16)74-75(13,14)33-24-31-52(66)61(9)54(40(5)6)50(65)37-47(39(3)4)58(69)62(10)55(41(7)18-2)51(72-11)38-53(67)63-32-23-30-49(63)56(73-12)42(8)57(68)60-48(59(70)71)36-43-26-20-19-21-27-43/h19-22,26-29,35,39-42,47-49,51,54-56H,17-18,23-25,30-34,36-38H2,1-16H3,(H,60,68)(H,70,71)/t41-,42+,47-,48-,49-,51+,54-,55-,56+/m1/s1. The number of likely N-dealkylation sites (N-methyl/N-ethyl adjacent to an activating group) is 2. The first-order valence-corrected chi connectivity index (χ1v) is 34.0. The largest absolute Gasteiger partial charge is 0.480 e. The first-order chi connectivity index (χ1) is 35.6. The third-order valence-corrected chi connectivity index (χ3v) is 23.2. The summed E-state index contributed by atoms with van der Waals surface area (Å²) >= 11 is 0. The van der Waals surface area contributed by atoms with Gasteiger partial charge in [0, 0.05) is 72.9 Å². The first kappa shape index (κ1) is 65.7. The van der Waals surface area contributed by atoms with Gasteiger partial charge in [-0.1, -0.05) is 116 Å².